The average molecular weight is 310 g/mol. The van der Waals surface area contributed by atoms with Gasteiger partial charge in [-0.2, -0.15) is 0 Å². The van der Waals surface area contributed by atoms with Crippen molar-refractivity contribution in [1.82, 2.24) is 15.5 Å². The lowest BCUT2D eigenvalue weighted by Crippen LogP contribution is -2.52. The predicted molar refractivity (Wildman–Crippen MR) is 81.7 cm³/mol. The molecule has 4 N–H and O–H groups in total. The molecule has 2 heterocycles. The number of hydrogen-bond donors (Lipinski definition) is 3. The lowest BCUT2D eigenvalue weighted by atomic mass is 9.79. The second kappa shape index (κ2) is 6.64. The van der Waals surface area contributed by atoms with Gasteiger partial charge in [0.1, 0.15) is 0 Å². The van der Waals surface area contributed by atoms with Gasteiger partial charge >= 0.3 is 0 Å². The van der Waals surface area contributed by atoms with Crippen LogP contribution in [0.1, 0.15) is 33.1 Å². The summed E-state index contributed by atoms with van der Waals surface area (Å²) in [5.41, 5.74) is 5.63. The third kappa shape index (κ3) is 3.76. The van der Waals surface area contributed by atoms with Crippen LogP contribution in [-0.4, -0.2) is 54.8 Å². The van der Waals surface area contributed by atoms with Crippen LogP contribution in [-0.2, 0) is 14.4 Å². The van der Waals surface area contributed by atoms with Crippen molar-refractivity contribution >= 4 is 17.7 Å². The number of likely N-dealkylation sites (tertiary alicyclic amines) is 1. The van der Waals surface area contributed by atoms with Crippen molar-refractivity contribution in [1.29, 1.82) is 0 Å². The molecule has 2 saturated heterocycles. The van der Waals surface area contributed by atoms with Crippen molar-refractivity contribution in [2.45, 2.75) is 39.2 Å². The highest BCUT2D eigenvalue weighted by Gasteiger charge is 2.42. The molecule has 0 aromatic heterocycles. The monoisotopic (exact) mass is 310 g/mol. The molecule has 0 aromatic carbocycles. The fourth-order valence-electron chi connectivity index (χ4n) is 3.16. The van der Waals surface area contributed by atoms with Crippen molar-refractivity contribution in [2.24, 2.45) is 17.1 Å². The molecule has 7 heteroatoms. The number of nitrogens with zero attached hydrogens (tertiary/aromatic N) is 1. The van der Waals surface area contributed by atoms with Gasteiger partial charge in [-0.25, -0.2) is 0 Å². The van der Waals surface area contributed by atoms with E-state index in [9.17, 15) is 14.4 Å². The summed E-state index contributed by atoms with van der Waals surface area (Å²) in [5, 5.41) is 5.46. The highest BCUT2D eigenvalue weighted by Crippen LogP contribution is 2.35. The summed E-state index contributed by atoms with van der Waals surface area (Å²) in [5.74, 6) is -0.315. The zero-order valence-corrected chi connectivity index (χ0v) is 13.4. The van der Waals surface area contributed by atoms with Crippen LogP contribution in [0.4, 0.5) is 0 Å². The molecule has 0 radical (unpaired) electrons. The first-order valence-corrected chi connectivity index (χ1v) is 7.91. The third-order valence-corrected chi connectivity index (χ3v) is 4.65. The fourth-order valence-corrected chi connectivity index (χ4v) is 3.16. The Bertz CT molecular complexity index is 466. The number of nitrogens with two attached hydrogens (primary N) is 1. The molecule has 0 aromatic rings. The van der Waals surface area contributed by atoms with E-state index < -0.39 is 6.04 Å². The lowest BCUT2D eigenvalue weighted by molar-refractivity contribution is -0.136. The number of rotatable bonds is 4. The molecule has 3 amide bonds. The first kappa shape index (κ1) is 16.7. The molecule has 2 aliphatic heterocycles. The van der Waals surface area contributed by atoms with Crippen LogP contribution in [0.2, 0.25) is 0 Å². The first-order valence-electron chi connectivity index (χ1n) is 7.91. The van der Waals surface area contributed by atoms with Gasteiger partial charge < -0.3 is 21.3 Å². The van der Waals surface area contributed by atoms with Crippen LogP contribution in [0.25, 0.3) is 0 Å². The number of carbonyl (C=O) groups is 3. The molecule has 2 aliphatic rings. The van der Waals surface area contributed by atoms with Gasteiger partial charge in [0.05, 0.1) is 12.6 Å². The van der Waals surface area contributed by atoms with Gasteiger partial charge in [-0.1, -0.05) is 13.8 Å². The normalized spacial score (nSPS) is 26.2. The van der Waals surface area contributed by atoms with Crippen LogP contribution in [0.5, 0.6) is 0 Å². The first-order chi connectivity index (χ1) is 10.3. The van der Waals surface area contributed by atoms with Gasteiger partial charge in [0.15, 0.2) is 0 Å². The van der Waals surface area contributed by atoms with E-state index >= 15 is 0 Å². The quantitative estimate of drug-likeness (QED) is 0.633. The van der Waals surface area contributed by atoms with Crippen LogP contribution < -0.4 is 16.4 Å². The van der Waals surface area contributed by atoms with Crippen molar-refractivity contribution in [2.75, 3.05) is 26.2 Å². The van der Waals surface area contributed by atoms with Gasteiger partial charge in [0.2, 0.25) is 17.7 Å². The van der Waals surface area contributed by atoms with Gasteiger partial charge in [0.25, 0.3) is 0 Å². The topological polar surface area (TPSA) is 105 Å². The lowest BCUT2D eigenvalue weighted by Gasteiger charge is -2.39. The second-order valence-corrected chi connectivity index (χ2v) is 6.86. The zero-order valence-electron chi connectivity index (χ0n) is 13.4. The third-order valence-electron chi connectivity index (χ3n) is 4.65. The van der Waals surface area contributed by atoms with E-state index in [-0.39, 0.29) is 35.6 Å². The molecule has 7 nitrogen and oxygen atoms in total. The molecule has 2 atom stereocenters. The Hall–Kier alpha value is -1.63. The minimum atomic E-state index is -0.600. The van der Waals surface area contributed by atoms with E-state index in [1.807, 2.05) is 13.8 Å². The fraction of sp³-hybridized carbons (Fsp3) is 0.800. The molecule has 2 fully saturated rings. The molecular weight excluding hydrogens is 284 g/mol. The van der Waals surface area contributed by atoms with Crippen molar-refractivity contribution in [3.05, 3.63) is 0 Å². The maximum Gasteiger partial charge on any atom is 0.241 e. The summed E-state index contributed by atoms with van der Waals surface area (Å²) in [7, 11) is 0. The summed E-state index contributed by atoms with van der Waals surface area (Å²) in [6.07, 6.45) is 2.33. The highest BCUT2D eigenvalue weighted by molar-refractivity contribution is 5.87. The maximum absolute atomic E-state index is 12.3. The van der Waals surface area contributed by atoms with E-state index in [2.05, 4.69) is 10.6 Å². The summed E-state index contributed by atoms with van der Waals surface area (Å²) < 4.78 is 0. The molecule has 1 spiro atoms. The molecule has 0 bridgehead atoms. The molecule has 1 unspecified atom stereocenters. The van der Waals surface area contributed by atoms with Gasteiger partial charge in [0, 0.05) is 31.5 Å². The average Bonchev–Trinajstić information content (AvgIpc) is 2.83. The maximum atomic E-state index is 12.3. The Kier molecular flexibility index (Phi) is 5.05. The zero-order chi connectivity index (χ0) is 16.3. The molecule has 0 saturated carbocycles. The number of amides is 3. The summed E-state index contributed by atoms with van der Waals surface area (Å²) >= 11 is 0. The smallest absolute Gasteiger partial charge is 0.241 e. The molecule has 0 aliphatic carbocycles. The summed E-state index contributed by atoms with van der Waals surface area (Å²) in [6, 6.07) is -0.600. The van der Waals surface area contributed by atoms with E-state index in [0.717, 1.165) is 12.8 Å². The van der Waals surface area contributed by atoms with Crippen molar-refractivity contribution < 1.29 is 14.4 Å². The standard InChI is InChI=1S/C15H26N4O3/c1-10(2)13(16)14(22)17-7-12(21)19-5-3-4-15(9-19)6-11(20)18-8-15/h10,13H,3-9,16H2,1-2H3,(H,17,22)(H,18,20)/t13-,15?/m0/s1. The summed E-state index contributed by atoms with van der Waals surface area (Å²) in [4.78, 5) is 37.3. The minimum absolute atomic E-state index is 0.0310. The highest BCUT2D eigenvalue weighted by atomic mass is 16.2. The van der Waals surface area contributed by atoms with Gasteiger partial charge in [-0.3, -0.25) is 14.4 Å². The summed E-state index contributed by atoms with van der Waals surface area (Å²) in [6.45, 7) is 5.60. The van der Waals surface area contributed by atoms with Crippen LogP contribution in [0.15, 0.2) is 0 Å². The Labute approximate surface area is 131 Å². The Balaban J connectivity index is 1.85. The molecule has 2 rings (SSSR count). The Morgan fingerprint density at radius 1 is 1.45 bits per heavy atom. The van der Waals surface area contributed by atoms with Crippen molar-refractivity contribution in [3.63, 3.8) is 0 Å². The number of carbonyl (C=O) groups excluding carboxylic acids is 3. The number of piperidine rings is 1. The van der Waals surface area contributed by atoms with E-state index in [1.54, 1.807) is 4.90 Å². The van der Waals surface area contributed by atoms with Crippen LogP contribution >= 0.6 is 0 Å². The van der Waals surface area contributed by atoms with Crippen LogP contribution in [0.3, 0.4) is 0 Å². The van der Waals surface area contributed by atoms with Crippen LogP contribution in [0, 0.1) is 11.3 Å². The molecule has 124 valence electrons. The van der Waals surface area contributed by atoms with Crippen molar-refractivity contribution in [3.8, 4) is 0 Å². The predicted octanol–water partition coefficient (Wildman–Crippen LogP) is -0.785. The minimum Gasteiger partial charge on any atom is -0.355 e. The van der Waals surface area contributed by atoms with Gasteiger partial charge in [-0.05, 0) is 18.8 Å². The number of nitrogens with one attached hydrogen (secondary N) is 2. The second-order valence-electron chi connectivity index (χ2n) is 6.86. The molecular formula is C15H26N4O3. The van der Waals surface area contributed by atoms with E-state index in [0.29, 0.717) is 26.1 Å². The van der Waals surface area contributed by atoms with Gasteiger partial charge in [-0.15, -0.1) is 0 Å². The largest absolute Gasteiger partial charge is 0.355 e. The Morgan fingerprint density at radius 2 is 2.18 bits per heavy atom. The Morgan fingerprint density at radius 3 is 2.77 bits per heavy atom. The molecule has 22 heavy (non-hydrogen) atoms. The SMILES string of the molecule is CC(C)[C@H](N)C(=O)NCC(=O)N1CCCC2(CNC(=O)C2)C1. The van der Waals surface area contributed by atoms with E-state index in [4.69, 9.17) is 5.73 Å². The van der Waals surface area contributed by atoms with E-state index in [1.165, 1.54) is 0 Å². The number of hydrogen-bond acceptors (Lipinski definition) is 4.